The molecule has 2 aromatic carbocycles. The quantitative estimate of drug-likeness (QED) is 0.828. The van der Waals surface area contributed by atoms with Gasteiger partial charge in [0.15, 0.2) is 0 Å². The molecule has 1 amide bonds. The summed E-state index contributed by atoms with van der Waals surface area (Å²) in [5.41, 5.74) is 7.66. The predicted molar refractivity (Wildman–Crippen MR) is 82.7 cm³/mol. The summed E-state index contributed by atoms with van der Waals surface area (Å²) in [4.78, 5) is 12.2. The summed E-state index contributed by atoms with van der Waals surface area (Å²) in [5, 5.41) is 2.80. The summed E-state index contributed by atoms with van der Waals surface area (Å²) in [6, 6.07) is 12.5. The van der Waals surface area contributed by atoms with E-state index in [0.717, 1.165) is 5.56 Å². The fourth-order valence-electron chi connectivity index (χ4n) is 2.04. The molecule has 3 N–H and O–H groups in total. The van der Waals surface area contributed by atoms with Crippen LogP contribution in [0.15, 0.2) is 42.5 Å². The van der Waals surface area contributed by atoms with Gasteiger partial charge in [-0.2, -0.15) is 0 Å². The van der Waals surface area contributed by atoms with Crippen molar-refractivity contribution in [2.24, 2.45) is 0 Å². The maximum Gasteiger partial charge on any atom is 0.229 e. The van der Waals surface area contributed by atoms with E-state index in [9.17, 15) is 4.79 Å². The normalized spacial score (nSPS) is 10.0. The molecule has 0 aromatic heterocycles. The molecule has 5 nitrogen and oxygen atoms in total. The number of methoxy groups -OCH3 is 2. The van der Waals surface area contributed by atoms with Crippen molar-refractivity contribution in [1.82, 2.24) is 0 Å². The predicted octanol–water partition coefficient (Wildman–Crippen LogP) is 2.47. The Labute approximate surface area is 123 Å². The first-order chi connectivity index (χ1) is 10.1. The Kier molecular flexibility index (Phi) is 4.66. The molecule has 0 heterocycles. The number of nitrogens with two attached hydrogens (primary N) is 1. The molecule has 0 aliphatic carbocycles. The Morgan fingerprint density at radius 2 is 1.81 bits per heavy atom. The van der Waals surface area contributed by atoms with Crippen molar-refractivity contribution in [3.63, 3.8) is 0 Å². The standard InChI is InChI=1S/C16H18N2O3/c1-20-14-6-4-3-5-11(14)9-16(19)18-13-10-12(17)7-8-15(13)21-2/h3-8,10H,9,17H2,1-2H3,(H,18,19). The first-order valence-corrected chi connectivity index (χ1v) is 6.49. The molecule has 2 rings (SSSR count). The van der Waals surface area contributed by atoms with Crippen molar-refractivity contribution in [1.29, 1.82) is 0 Å². The van der Waals surface area contributed by atoms with E-state index in [2.05, 4.69) is 5.32 Å². The highest BCUT2D eigenvalue weighted by atomic mass is 16.5. The summed E-state index contributed by atoms with van der Waals surface area (Å²) in [5.74, 6) is 1.09. The number of para-hydroxylation sites is 1. The summed E-state index contributed by atoms with van der Waals surface area (Å²) < 4.78 is 10.4. The minimum Gasteiger partial charge on any atom is -0.496 e. The van der Waals surface area contributed by atoms with E-state index in [-0.39, 0.29) is 12.3 Å². The number of nitrogens with one attached hydrogen (secondary N) is 1. The number of carbonyl (C=O) groups excluding carboxylic acids is 1. The highest BCUT2D eigenvalue weighted by Crippen LogP contribution is 2.27. The van der Waals surface area contributed by atoms with Crippen LogP contribution in [0.3, 0.4) is 0 Å². The van der Waals surface area contributed by atoms with Gasteiger partial charge < -0.3 is 20.5 Å². The molecule has 21 heavy (non-hydrogen) atoms. The second kappa shape index (κ2) is 6.65. The van der Waals surface area contributed by atoms with E-state index in [0.29, 0.717) is 22.9 Å². The number of hydrogen-bond donors (Lipinski definition) is 2. The van der Waals surface area contributed by atoms with E-state index < -0.39 is 0 Å². The summed E-state index contributed by atoms with van der Waals surface area (Å²) in [7, 11) is 3.12. The molecule has 0 saturated heterocycles. The van der Waals surface area contributed by atoms with Crippen molar-refractivity contribution < 1.29 is 14.3 Å². The number of carbonyl (C=O) groups is 1. The fraction of sp³-hybridized carbons (Fsp3) is 0.188. The van der Waals surface area contributed by atoms with Gasteiger partial charge in [-0.25, -0.2) is 0 Å². The van der Waals surface area contributed by atoms with Crippen LogP contribution in [0, 0.1) is 0 Å². The zero-order chi connectivity index (χ0) is 15.2. The van der Waals surface area contributed by atoms with E-state index in [1.807, 2.05) is 24.3 Å². The maximum atomic E-state index is 12.2. The number of rotatable bonds is 5. The van der Waals surface area contributed by atoms with Crippen LogP contribution in [0.1, 0.15) is 5.56 Å². The monoisotopic (exact) mass is 286 g/mol. The van der Waals surface area contributed by atoms with Crippen LogP contribution < -0.4 is 20.5 Å². The number of hydrogen-bond acceptors (Lipinski definition) is 4. The van der Waals surface area contributed by atoms with Crippen LogP contribution in [0.25, 0.3) is 0 Å². The second-order valence-corrected chi connectivity index (χ2v) is 4.50. The first kappa shape index (κ1) is 14.7. The lowest BCUT2D eigenvalue weighted by Gasteiger charge is -2.12. The Bertz CT molecular complexity index is 641. The molecule has 0 atom stereocenters. The minimum atomic E-state index is -0.164. The van der Waals surface area contributed by atoms with Gasteiger partial charge in [0, 0.05) is 11.3 Å². The summed E-state index contributed by atoms with van der Waals surface area (Å²) in [6.45, 7) is 0. The second-order valence-electron chi connectivity index (χ2n) is 4.50. The maximum absolute atomic E-state index is 12.2. The fourth-order valence-corrected chi connectivity index (χ4v) is 2.04. The van der Waals surface area contributed by atoms with Crippen molar-refractivity contribution in [2.45, 2.75) is 6.42 Å². The molecule has 5 heteroatoms. The number of ether oxygens (including phenoxy) is 2. The highest BCUT2D eigenvalue weighted by Gasteiger charge is 2.11. The number of anilines is 2. The molecular formula is C16H18N2O3. The van der Waals surface area contributed by atoms with Crippen molar-refractivity contribution in [3.8, 4) is 11.5 Å². The van der Waals surface area contributed by atoms with Gasteiger partial charge in [0.05, 0.1) is 26.3 Å². The van der Waals surface area contributed by atoms with E-state index in [1.54, 1.807) is 32.4 Å². The van der Waals surface area contributed by atoms with Gasteiger partial charge in [0.25, 0.3) is 0 Å². The smallest absolute Gasteiger partial charge is 0.229 e. The third-order valence-electron chi connectivity index (χ3n) is 3.04. The Hall–Kier alpha value is -2.69. The van der Waals surface area contributed by atoms with Gasteiger partial charge >= 0.3 is 0 Å². The Balaban J connectivity index is 2.13. The Morgan fingerprint density at radius 3 is 2.52 bits per heavy atom. The molecule has 0 unspecified atom stereocenters. The van der Waals surface area contributed by atoms with E-state index >= 15 is 0 Å². The van der Waals surface area contributed by atoms with Gasteiger partial charge in [-0.3, -0.25) is 4.79 Å². The summed E-state index contributed by atoms with van der Waals surface area (Å²) >= 11 is 0. The van der Waals surface area contributed by atoms with Gasteiger partial charge in [0.2, 0.25) is 5.91 Å². The topological polar surface area (TPSA) is 73.6 Å². The zero-order valence-electron chi connectivity index (χ0n) is 12.1. The first-order valence-electron chi connectivity index (χ1n) is 6.49. The average molecular weight is 286 g/mol. The third-order valence-corrected chi connectivity index (χ3v) is 3.04. The molecule has 0 aliphatic heterocycles. The Morgan fingerprint density at radius 1 is 1.10 bits per heavy atom. The largest absolute Gasteiger partial charge is 0.496 e. The molecule has 110 valence electrons. The zero-order valence-corrected chi connectivity index (χ0v) is 12.1. The molecule has 0 spiro atoms. The molecule has 0 bridgehead atoms. The lowest BCUT2D eigenvalue weighted by Crippen LogP contribution is -2.15. The highest BCUT2D eigenvalue weighted by molar-refractivity contribution is 5.94. The summed E-state index contributed by atoms with van der Waals surface area (Å²) in [6.07, 6.45) is 0.210. The number of benzene rings is 2. The van der Waals surface area contributed by atoms with Crippen molar-refractivity contribution in [3.05, 3.63) is 48.0 Å². The molecule has 0 saturated carbocycles. The molecular weight excluding hydrogens is 268 g/mol. The van der Waals surface area contributed by atoms with Crippen molar-refractivity contribution >= 4 is 17.3 Å². The van der Waals surface area contributed by atoms with Crippen LogP contribution in [0.2, 0.25) is 0 Å². The number of nitrogen functional groups attached to an aromatic ring is 1. The molecule has 0 fully saturated rings. The van der Waals surface area contributed by atoms with Crippen LogP contribution in [0.5, 0.6) is 11.5 Å². The third kappa shape index (κ3) is 3.66. The van der Waals surface area contributed by atoms with Gasteiger partial charge in [-0.05, 0) is 24.3 Å². The van der Waals surface area contributed by atoms with E-state index in [4.69, 9.17) is 15.2 Å². The van der Waals surface area contributed by atoms with Crippen LogP contribution in [-0.2, 0) is 11.2 Å². The van der Waals surface area contributed by atoms with Gasteiger partial charge in [-0.15, -0.1) is 0 Å². The van der Waals surface area contributed by atoms with Crippen molar-refractivity contribution in [2.75, 3.05) is 25.3 Å². The SMILES string of the molecule is COc1ccccc1CC(=O)Nc1cc(N)ccc1OC. The van der Waals surface area contributed by atoms with Crippen LogP contribution >= 0.6 is 0 Å². The van der Waals surface area contributed by atoms with Crippen LogP contribution in [-0.4, -0.2) is 20.1 Å². The van der Waals surface area contributed by atoms with Crippen LogP contribution in [0.4, 0.5) is 11.4 Å². The molecule has 0 aliphatic rings. The lowest BCUT2D eigenvalue weighted by atomic mass is 10.1. The lowest BCUT2D eigenvalue weighted by molar-refractivity contribution is -0.115. The van der Waals surface area contributed by atoms with Gasteiger partial charge in [0.1, 0.15) is 11.5 Å². The average Bonchev–Trinajstić information content (AvgIpc) is 2.48. The number of amides is 1. The molecule has 2 aromatic rings. The molecule has 0 radical (unpaired) electrons. The van der Waals surface area contributed by atoms with E-state index in [1.165, 1.54) is 0 Å². The van der Waals surface area contributed by atoms with Gasteiger partial charge in [-0.1, -0.05) is 18.2 Å². The minimum absolute atomic E-state index is 0.164.